The summed E-state index contributed by atoms with van der Waals surface area (Å²) in [5, 5.41) is 20.1. The number of carbonyl (C=O) groups is 4. The summed E-state index contributed by atoms with van der Waals surface area (Å²) in [4.78, 5) is 50.9. The van der Waals surface area contributed by atoms with E-state index in [1.165, 1.54) is 0 Å². The van der Waals surface area contributed by atoms with Gasteiger partial charge in [-0.3, -0.25) is 0 Å². The van der Waals surface area contributed by atoms with Crippen LogP contribution in [-0.2, 0) is 18.9 Å². The first-order valence-electron chi connectivity index (χ1n) is 19.4. The zero-order valence-corrected chi connectivity index (χ0v) is 35.4. The summed E-state index contributed by atoms with van der Waals surface area (Å²) in [6.07, 6.45) is 12.1. The summed E-state index contributed by atoms with van der Waals surface area (Å²) in [7, 11) is 0. The third kappa shape index (κ3) is 15.0. The molecule has 20 heteroatoms. The molecule has 0 saturated carbocycles. The van der Waals surface area contributed by atoms with E-state index < -0.39 is 17.9 Å². The van der Waals surface area contributed by atoms with Gasteiger partial charge in [-0.25, -0.2) is 24.2 Å². The number of unbranched alkanes of at least 4 members (excludes halogenated alkanes) is 4. The van der Waals surface area contributed by atoms with Crippen LogP contribution in [0, 0.1) is 12.3 Å². The van der Waals surface area contributed by atoms with Crippen molar-refractivity contribution in [1.29, 1.82) is 0 Å². The van der Waals surface area contributed by atoms with Crippen LogP contribution in [0.2, 0.25) is 5.28 Å². The van der Waals surface area contributed by atoms with E-state index in [4.69, 9.17) is 43.1 Å². The minimum absolute atomic E-state index is 0.00491. The maximum atomic E-state index is 11.8. The molecule has 1 unspecified atom stereocenters. The fourth-order valence-electron chi connectivity index (χ4n) is 6.12. The van der Waals surface area contributed by atoms with Gasteiger partial charge in [-0.15, -0.1) is 6.42 Å². The Morgan fingerprint density at radius 2 is 1.47 bits per heavy atom. The maximum Gasteiger partial charge on any atom is 0.508 e. The lowest BCUT2D eigenvalue weighted by molar-refractivity contribution is -0.0730. The molecule has 0 bridgehead atoms. The van der Waals surface area contributed by atoms with Gasteiger partial charge >= 0.3 is 24.4 Å². The number of amides is 4. The molecular formula is C37H57ClN8O9S2. The molecule has 0 aromatic carbocycles. The number of terminal acetylenes is 1. The molecule has 318 valence electrons. The van der Waals surface area contributed by atoms with Crippen molar-refractivity contribution in [3.8, 4) is 12.3 Å². The van der Waals surface area contributed by atoms with Crippen LogP contribution < -0.4 is 27.0 Å². The van der Waals surface area contributed by atoms with Crippen molar-refractivity contribution in [3.63, 3.8) is 0 Å². The van der Waals surface area contributed by atoms with Crippen LogP contribution in [0.15, 0.2) is 12.3 Å². The number of nitrogen functional groups attached to an aromatic ring is 1. The number of nitrogens with one attached hydrogen (secondary N) is 4. The molecule has 7 rings (SSSR count). The number of hydrogen-bond donors (Lipinski definition) is 6. The Kier molecular flexibility index (Phi) is 20.5. The van der Waals surface area contributed by atoms with E-state index >= 15 is 0 Å². The molecule has 0 spiro atoms. The smallest absolute Gasteiger partial charge is 0.450 e. The number of anilines is 1. The molecule has 2 aromatic heterocycles. The highest BCUT2D eigenvalue weighted by Gasteiger charge is 2.42. The van der Waals surface area contributed by atoms with Gasteiger partial charge < -0.3 is 55.6 Å². The minimum Gasteiger partial charge on any atom is -0.450 e. The normalized spacial score (nSPS) is 24.7. The first-order valence-corrected chi connectivity index (χ1v) is 22.1. The molecule has 7 heterocycles. The van der Waals surface area contributed by atoms with Gasteiger partial charge in [0, 0.05) is 29.2 Å². The molecule has 0 aliphatic carbocycles. The van der Waals surface area contributed by atoms with E-state index in [0.29, 0.717) is 67.1 Å². The van der Waals surface area contributed by atoms with Crippen molar-refractivity contribution in [1.82, 2.24) is 35.8 Å². The Labute approximate surface area is 347 Å². The van der Waals surface area contributed by atoms with E-state index in [9.17, 15) is 19.2 Å². The average molecular weight is 857 g/mol. The molecule has 57 heavy (non-hydrogen) atoms. The molecule has 6 atom stereocenters. The molecule has 2 aromatic rings. The molecule has 5 aliphatic rings. The van der Waals surface area contributed by atoms with Crippen molar-refractivity contribution in [2.45, 2.75) is 115 Å². The average Bonchev–Trinajstić information content (AvgIpc) is 4.05. The molecule has 4 amide bonds. The highest BCUT2D eigenvalue weighted by molar-refractivity contribution is 7.99. The Hall–Kier alpha value is -3.99. The summed E-state index contributed by atoms with van der Waals surface area (Å²) in [5.74, 6) is 7.21. The number of urea groups is 2. The van der Waals surface area contributed by atoms with Crippen molar-refractivity contribution in [2.75, 3.05) is 48.6 Å². The van der Waals surface area contributed by atoms with Crippen molar-refractivity contribution in [3.05, 3.63) is 17.5 Å². The number of ether oxygens (including phenoxy) is 4. The lowest BCUT2D eigenvalue weighted by atomic mass is 10.0. The predicted molar refractivity (Wildman–Crippen MR) is 223 cm³/mol. The van der Waals surface area contributed by atoms with E-state index in [2.05, 4.69) is 55.7 Å². The number of hydrogen-bond acceptors (Lipinski definition) is 13. The zero-order valence-electron chi connectivity index (χ0n) is 33.1. The minimum atomic E-state index is -1.17. The third-order valence-electron chi connectivity index (χ3n) is 9.10. The van der Waals surface area contributed by atoms with Crippen molar-refractivity contribution < 1.29 is 43.2 Å². The number of aromatic nitrogens is 3. The van der Waals surface area contributed by atoms with Crippen molar-refractivity contribution >= 4 is 76.3 Å². The Balaban J connectivity index is 0.000000241. The number of fused-ring (bicyclic) bond motifs is 3. The fraction of sp³-hybridized carbons (Fsp3) is 0.676. The SMILES string of the molecule is C#C[C@@]1(COC(=O)OCCCCC)CC[C@H](n2ccc3c(N)nc(Cl)nc32)O1.CC.CCCCCOC(=O)O.O=C1NC2CSC[C@H]2N1.O=C1N[C@H]2CSC[C@H]2N1. The number of nitrogens with two attached hydrogens (primary N) is 1. The van der Waals surface area contributed by atoms with Crippen LogP contribution in [-0.4, -0.2) is 117 Å². The van der Waals surface area contributed by atoms with E-state index in [1.807, 2.05) is 37.4 Å². The number of thioether (sulfide) groups is 2. The largest absolute Gasteiger partial charge is 0.508 e. The van der Waals surface area contributed by atoms with Gasteiger partial charge in [0.05, 0.1) is 42.8 Å². The number of halogens is 1. The van der Waals surface area contributed by atoms with Crippen LogP contribution in [0.3, 0.4) is 0 Å². The van der Waals surface area contributed by atoms with E-state index in [1.54, 1.807) is 16.8 Å². The zero-order chi connectivity index (χ0) is 41.8. The molecular weight excluding hydrogens is 800 g/mol. The Morgan fingerprint density at radius 1 is 0.947 bits per heavy atom. The predicted octanol–water partition coefficient (Wildman–Crippen LogP) is 6.16. The summed E-state index contributed by atoms with van der Waals surface area (Å²) >= 11 is 9.71. The Bertz CT molecular complexity index is 1590. The van der Waals surface area contributed by atoms with Gasteiger partial charge in [0.2, 0.25) is 5.28 Å². The van der Waals surface area contributed by atoms with E-state index in [0.717, 1.165) is 61.5 Å². The number of carboxylic acid groups (broad SMARTS) is 1. The van der Waals surface area contributed by atoms with Gasteiger partial charge in [-0.1, -0.05) is 59.3 Å². The second kappa shape index (κ2) is 24.7. The van der Waals surface area contributed by atoms with E-state index in [-0.39, 0.29) is 30.2 Å². The highest BCUT2D eigenvalue weighted by atomic mass is 35.5. The second-order valence-corrected chi connectivity index (χ2v) is 15.7. The standard InChI is InChI=1S/C19H23ClN4O4.C6H12O3.2C5H8N2OS.C2H6/c1-3-5-6-11-26-18(25)27-12-19(4-2)9-7-14(28-19)24-10-8-13-15(21)22-17(20)23-16(13)24;1-2-3-4-5-9-6(7)8;2*8-5-6-3-1-9-2-4(3)7-5;1-2/h2,8,10,14H,3,5-7,9,11-12H2,1H3,(H2,21,22,23);2-5H2,1H3,(H,7,8);2*3-4H,1-2H2,(H2,6,7,8);1-2H3/t14-,19+;;3-,4?;3-,4+;/m1.1../s1. The number of rotatable bonds is 11. The molecule has 5 fully saturated rings. The monoisotopic (exact) mass is 856 g/mol. The highest BCUT2D eigenvalue weighted by Crippen LogP contribution is 2.38. The molecule has 7 N–H and O–H groups in total. The first-order chi connectivity index (χ1) is 27.5. The van der Waals surface area contributed by atoms with Gasteiger partial charge in [0.25, 0.3) is 0 Å². The van der Waals surface area contributed by atoms with Crippen molar-refractivity contribution in [2.24, 2.45) is 0 Å². The lowest BCUT2D eigenvalue weighted by Gasteiger charge is -2.23. The summed E-state index contributed by atoms with van der Waals surface area (Å²) in [5.41, 5.74) is 5.43. The lowest BCUT2D eigenvalue weighted by Crippen LogP contribution is -2.34. The number of carbonyl (C=O) groups excluding carboxylic acids is 3. The van der Waals surface area contributed by atoms with Gasteiger partial charge in [0.15, 0.2) is 5.60 Å². The summed E-state index contributed by atoms with van der Waals surface area (Å²) in [6, 6.07) is 3.43. The van der Waals surface area contributed by atoms with Crippen LogP contribution in [0.5, 0.6) is 0 Å². The second-order valence-electron chi connectivity index (χ2n) is 13.2. The fourth-order valence-corrected chi connectivity index (χ4v) is 8.84. The molecule has 0 radical (unpaired) electrons. The first kappa shape index (κ1) is 47.4. The molecule has 17 nitrogen and oxygen atoms in total. The summed E-state index contributed by atoms with van der Waals surface area (Å²) < 4.78 is 22.4. The van der Waals surface area contributed by atoms with Crippen LogP contribution >= 0.6 is 35.1 Å². The van der Waals surface area contributed by atoms with Gasteiger partial charge in [-0.2, -0.15) is 28.5 Å². The molecule has 5 saturated heterocycles. The maximum absolute atomic E-state index is 11.8. The Morgan fingerprint density at radius 3 is 1.96 bits per heavy atom. The van der Waals surface area contributed by atoms with Crippen LogP contribution in [0.25, 0.3) is 11.0 Å². The van der Waals surface area contributed by atoms with Crippen LogP contribution in [0.1, 0.15) is 85.3 Å². The van der Waals surface area contributed by atoms with Crippen LogP contribution in [0.4, 0.5) is 25.0 Å². The number of nitrogens with zero attached hydrogens (tertiary/aromatic N) is 3. The topological polar surface area (TPSA) is 230 Å². The van der Waals surface area contributed by atoms with Gasteiger partial charge in [0.1, 0.15) is 24.3 Å². The summed E-state index contributed by atoms with van der Waals surface area (Å²) in [6.45, 7) is 8.72. The third-order valence-corrected chi connectivity index (χ3v) is 11.6. The molecule has 5 aliphatic heterocycles. The quantitative estimate of drug-likeness (QED) is 0.0489. The van der Waals surface area contributed by atoms with Gasteiger partial charge in [-0.05, 0) is 43.4 Å².